The van der Waals surface area contributed by atoms with Crippen molar-refractivity contribution in [3.63, 3.8) is 0 Å². The first-order chi connectivity index (χ1) is 7.24. The summed E-state index contributed by atoms with van der Waals surface area (Å²) in [4.78, 5) is 11.6. The zero-order valence-corrected chi connectivity index (χ0v) is 9.16. The highest BCUT2D eigenvalue weighted by atomic mass is 16.5. The molecule has 15 heavy (non-hydrogen) atoms. The normalized spacial score (nSPS) is 9.53. The lowest BCUT2D eigenvalue weighted by molar-refractivity contribution is 0.0952. The van der Waals surface area contributed by atoms with Gasteiger partial charge < -0.3 is 14.8 Å². The summed E-state index contributed by atoms with van der Waals surface area (Å²) in [6, 6.07) is 5.21. The summed E-state index contributed by atoms with van der Waals surface area (Å²) in [6.45, 7) is 2.45. The number of amides is 1. The summed E-state index contributed by atoms with van der Waals surface area (Å²) < 4.78 is 10.2. The molecule has 1 amide bonds. The molecule has 0 heterocycles. The molecule has 0 spiro atoms. The summed E-state index contributed by atoms with van der Waals surface area (Å²) >= 11 is 0. The van der Waals surface area contributed by atoms with Crippen LogP contribution in [-0.2, 0) is 0 Å². The van der Waals surface area contributed by atoms with Crippen LogP contribution in [0.4, 0.5) is 0 Å². The van der Waals surface area contributed by atoms with Crippen LogP contribution in [-0.4, -0.2) is 26.7 Å². The molecule has 0 fully saturated rings. The predicted octanol–water partition coefficient (Wildman–Crippen LogP) is 1.45. The van der Waals surface area contributed by atoms with E-state index in [0.29, 0.717) is 23.6 Å². The Labute approximate surface area is 89.2 Å². The second-order valence-electron chi connectivity index (χ2n) is 2.90. The smallest absolute Gasteiger partial charge is 0.255 e. The molecule has 1 N–H and O–H groups in total. The van der Waals surface area contributed by atoms with E-state index in [0.717, 1.165) is 0 Å². The number of carbonyl (C=O) groups is 1. The van der Waals surface area contributed by atoms with Crippen LogP contribution in [0.15, 0.2) is 18.2 Å². The fourth-order valence-corrected chi connectivity index (χ4v) is 1.32. The first-order valence-electron chi connectivity index (χ1n) is 4.73. The lowest BCUT2D eigenvalue weighted by Crippen LogP contribution is -2.23. The van der Waals surface area contributed by atoms with Gasteiger partial charge in [0.15, 0.2) is 11.5 Å². The van der Waals surface area contributed by atoms with Crippen molar-refractivity contribution in [1.29, 1.82) is 0 Å². The molecule has 0 aromatic heterocycles. The van der Waals surface area contributed by atoms with E-state index < -0.39 is 0 Å². The molecule has 0 aliphatic carbocycles. The van der Waals surface area contributed by atoms with Gasteiger partial charge in [-0.1, -0.05) is 6.07 Å². The minimum absolute atomic E-state index is 0.159. The SMILES string of the molecule is CCNC(=O)c1cccc(OC)c1OC. The predicted molar refractivity (Wildman–Crippen MR) is 57.6 cm³/mol. The molecule has 4 heteroatoms. The number of ether oxygens (including phenoxy) is 2. The fourth-order valence-electron chi connectivity index (χ4n) is 1.32. The van der Waals surface area contributed by atoms with Gasteiger partial charge in [-0.05, 0) is 19.1 Å². The molecule has 1 aromatic rings. The third kappa shape index (κ3) is 2.40. The van der Waals surface area contributed by atoms with Crippen LogP contribution in [0.25, 0.3) is 0 Å². The van der Waals surface area contributed by atoms with Gasteiger partial charge in [0.1, 0.15) is 0 Å². The van der Waals surface area contributed by atoms with Crippen molar-refractivity contribution in [3.8, 4) is 11.5 Å². The Kier molecular flexibility index (Phi) is 3.97. The van der Waals surface area contributed by atoms with Gasteiger partial charge in [-0.3, -0.25) is 4.79 Å². The van der Waals surface area contributed by atoms with Crippen LogP contribution < -0.4 is 14.8 Å². The van der Waals surface area contributed by atoms with Gasteiger partial charge in [-0.2, -0.15) is 0 Å². The van der Waals surface area contributed by atoms with E-state index in [4.69, 9.17) is 9.47 Å². The van der Waals surface area contributed by atoms with Gasteiger partial charge in [0.05, 0.1) is 19.8 Å². The minimum atomic E-state index is -0.159. The number of carbonyl (C=O) groups excluding carboxylic acids is 1. The maximum atomic E-state index is 11.6. The van der Waals surface area contributed by atoms with E-state index >= 15 is 0 Å². The molecule has 0 aliphatic heterocycles. The molecule has 82 valence electrons. The zero-order chi connectivity index (χ0) is 11.3. The Bertz CT molecular complexity index is 350. The third-order valence-corrected chi connectivity index (χ3v) is 1.98. The molecule has 0 saturated carbocycles. The van der Waals surface area contributed by atoms with Crippen molar-refractivity contribution >= 4 is 5.91 Å². The second-order valence-corrected chi connectivity index (χ2v) is 2.90. The fraction of sp³-hybridized carbons (Fsp3) is 0.364. The molecule has 0 bridgehead atoms. The van der Waals surface area contributed by atoms with Crippen LogP contribution in [0.3, 0.4) is 0 Å². The third-order valence-electron chi connectivity index (χ3n) is 1.98. The monoisotopic (exact) mass is 209 g/mol. The zero-order valence-electron chi connectivity index (χ0n) is 9.16. The number of para-hydroxylation sites is 1. The largest absolute Gasteiger partial charge is 0.493 e. The molecule has 0 radical (unpaired) electrons. The van der Waals surface area contributed by atoms with Crippen molar-refractivity contribution in [2.24, 2.45) is 0 Å². The summed E-state index contributed by atoms with van der Waals surface area (Å²) in [5, 5.41) is 2.71. The van der Waals surface area contributed by atoms with Crippen LogP contribution in [0, 0.1) is 0 Å². The standard InChI is InChI=1S/C11H15NO3/c1-4-12-11(13)8-6-5-7-9(14-2)10(8)15-3/h5-7H,4H2,1-3H3,(H,12,13). The summed E-state index contributed by atoms with van der Waals surface area (Å²) in [6.07, 6.45) is 0. The number of benzene rings is 1. The first kappa shape index (κ1) is 11.4. The molecule has 1 rings (SSSR count). The number of methoxy groups -OCH3 is 2. The lowest BCUT2D eigenvalue weighted by Gasteiger charge is -2.11. The Morgan fingerprint density at radius 1 is 1.33 bits per heavy atom. The number of nitrogens with one attached hydrogen (secondary N) is 1. The first-order valence-corrected chi connectivity index (χ1v) is 4.73. The van der Waals surface area contributed by atoms with Gasteiger partial charge in [0.25, 0.3) is 5.91 Å². The summed E-state index contributed by atoms with van der Waals surface area (Å²) in [7, 11) is 3.06. The van der Waals surface area contributed by atoms with Crippen molar-refractivity contribution in [3.05, 3.63) is 23.8 Å². The van der Waals surface area contributed by atoms with E-state index in [2.05, 4.69) is 5.32 Å². The highest BCUT2D eigenvalue weighted by molar-refractivity contribution is 5.97. The van der Waals surface area contributed by atoms with Crippen LogP contribution in [0.2, 0.25) is 0 Å². The van der Waals surface area contributed by atoms with Crippen molar-refractivity contribution in [2.75, 3.05) is 20.8 Å². The molecule has 1 aromatic carbocycles. The van der Waals surface area contributed by atoms with E-state index in [9.17, 15) is 4.79 Å². The molecular weight excluding hydrogens is 194 g/mol. The summed E-state index contributed by atoms with van der Waals surface area (Å²) in [5.41, 5.74) is 0.485. The van der Waals surface area contributed by atoms with Crippen molar-refractivity contribution in [2.45, 2.75) is 6.92 Å². The molecular formula is C11H15NO3. The minimum Gasteiger partial charge on any atom is -0.493 e. The summed E-state index contributed by atoms with van der Waals surface area (Å²) in [5.74, 6) is 0.862. The van der Waals surface area contributed by atoms with E-state index in [-0.39, 0.29) is 5.91 Å². The van der Waals surface area contributed by atoms with Gasteiger partial charge in [-0.15, -0.1) is 0 Å². The van der Waals surface area contributed by atoms with Crippen LogP contribution >= 0.6 is 0 Å². The van der Waals surface area contributed by atoms with Gasteiger partial charge in [-0.25, -0.2) is 0 Å². The van der Waals surface area contributed by atoms with E-state index in [1.807, 2.05) is 6.92 Å². The molecule has 4 nitrogen and oxygen atoms in total. The van der Waals surface area contributed by atoms with Crippen molar-refractivity contribution < 1.29 is 14.3 Å². The maximum Gasteiger partial charge on any atom is 0.255 e. The average molecular weight is 209 g/mol. The van der Waals surface area contributed by atoms with Gasteiger partial charge in [0.2, 0.25) is 0 Å². The van der Waals surface area contributed by atoms with Gasteiger partial charge >= 0.3 is 0 Å². The van der Waals surface area contributed by atoms with E-state index in [1.54, 1.807) is 25.3 Å². The van der Waals surface area contributed by atoms with E-state index in [1.165, 1.54) is 7.11 Å². The topological polar surface area (TPSA) is 47.6 Å². The number of hydrogen-bond donors (Lipinski definition) is 1. The van der Waals surface area contributed by atoms with Crippen molar-refractivity contribution in [1.82, 2.24) is 5.32 Å². The number of rotatable bonds is 4. The molecule has 0 unspecified atom stereocenters. The highest BCUT2D eigenvalue weighted by Gasteiger charge is 2.14. The maximum absolute atomic E-state index is 11.6. The molecule has 0 aliphatic rings. The highest BCUT2D eigenvalue weighted by Crippen LogP contribution is 2.30. The van der Waals surface area contributed by atoms with Crippen LogP contribution in [0.5, 0.6) is 11.5 Å². The second kappa shape index (κ2) is 5.24. The Balaban J connectivity index is 3.11. The Hall–Kier alpha value is -1.71. The molecule has 0 saturated heterocycles. The quantitative estimate of drug-likeness (QED) is 0.816. The van der Waals surface area contributed by atoms with Gasteiger partial charge in [0, 0.05) is 6.54 Å². The average Bonchev–Trinajstić information content (AvgIpc) is 2.28. The Morgan fingerprint density at radius 2 is 2.07 bits per heavy atom. The van der Waals surface area contributed by atoms with Crippen LogP contribution in [0.1, 0.15) is 17.3 Å². The molecule has 0 atom stereocenters. The lowest BCUT2D eigenvalue weighted by atomic mass is 10.1. The Morgan fingerprint density at radius 3 is 2.60 bits per heavy atom. The number of hydrogen-bond acceptors (Lipinski definition) is 3.